The van der Waals surface area contributed by atoms with Crippen LogP contribution in [-0.4, -0.2) is 0 Å². The average molecular weight is 176 g/mol. The molecule has 0 fully saturated rings. The van der Waals surface area contributed by atoms with E-state index in [9.17, 15) is 4.57 Å². The highest BCUT2D eigenvalue weighted by molar-refractivity contribution is 7.74. The van der Waals surface area contributed by atoms with Crippen LogP contribution < -0.4 is 5.09 Å². The molecule has 2 nitrogen and oxygen atoms in total. The first-order valence-electron chi connectivity index (χ1n) is 2.80. The summed E-state index contributed by atoms with van der Waals surface area (Å²) < 4.78 is 10.5. The molecule has 10 heavy (non-hydrogen) atoms. The first-order chi connectivity index (χ1) is 4.79. The van der Waals surface area contributed by atoms with Gasteiger partial charge in [-0.15, -0.1) is 0 Å². The highest BCUT2D eigenvalue weighted by Gasteiger charge is 1.90. The van der Waals surface area contributed by atoms with E-state index in [4.69, 9.17) is 11.2 Å². The smallest absolute Gasteiger partial charge is 0.243 e. The number of hydrogen-bond donors (Lipinski definition) is 1. The molecule has 1 rings (SSSR count). The van der Waals surface area contributed by atoms with Gasteiger partial charge in [0.2, 0.25) is 7.30 Å². The Hall–Kier alpha value is -0.460. The Morgan fingerprint density at radius 3 is 2.40 bits per heavy atom. The zero-order valence-corrected chi connectivity index (χ0v) is 6.93. The third kappa shape index (κ3) is 2.42. The van der Waals surface area contributed by atoms with Gasteiger partial charge < -0.3 is 5.09 Å². The molecule has 0 heterocycles. The summed E-state index contributed by atoms with van der Waals surface area (Å²) in [6, 6.07) is 9.21. The van der Waals surface area contributed by atoms with Gasteiger partial charge in [-0.3, -0.25) is 4.57 Å². The van der Waals surface area contributed by atoms with Gasteiger partial charge in [-0.2, -0.15) is 0 Å². The second-order valence-electron chi connectivity index (χ2n) is 1.76. The van der Waals surface area contributed by atoms with Crippen LogP contribution in [0.5, 0.6) is 0 Å². The van der Waals surface area contributed by atoms with E-state index in [-0.39, 0.29) is 0 Å². The maximum atomic E-state index is 10.5. The topological polar surface area (TPSA) is 29.1 Å². The molecule has 0 aliphatic rings. The lowest BCUT2D eigenvalue weighted by Gasteiger charge is -1.98. The summed E-state index contributed by atoms with van der Waals surface area (Å²) in [5, 5.41) is 2.62. The van der Waals surface area contributed by atoms with E-state index in [0.29, 0.717) is 0 Å². The van der Waals surface area contributed by atoms with Crippen LogP contribution in [0.15, 0.2) is 30.3 Å². The summed E-state index contributed by atoms with van der Waals surface area (Å²) in [6.45, 7) is 0. The highest BCUT2D eigenvalue weighted by atomic mass is 35.7. The monoisotopic (exact) mass is 175 g/mol. The minimum absolute atomic E-state index is 0.793. The molecule has 1 atom stereocenters. The maximum Gasteiger partial charge on any atom is 0.243 e. The Morgan fingerprint density at radius 2 is 1.90 bits per heavy atom. The quantitative estimate of drug-likeness (QED) is 0.701. The molecule has 1 aromatic carbocycles. The molecule has 54 valence electrons. The van der Waals surface area contributed by atoms with E-state index in [2.05, 4.69) is 5.09 Å². The van der Waals surface area contributed by atoms with Gasteiger partial charge in [-0.1, -0.05) is 18.2 Å². The lowest BCUT2D eigenvalue weighted by Crippen LogP contribution is -1.79. The summed E-state index contributed by atoms with van der Waals surface area (Å²) in [5.74, 6) is 0. The van der Waals surface area contributed by atoms with Gasteiger partial charge in [0.25, 0.3) is 0 Å². The van der Waals surface area contributed by atoms with Crippen molar-refractivity contribution >= 4 is 24.2 Å². The third-order valence-electron chi connectivity index (χ3n) is 1.02. The number of nitrogens with one attached hydrogen (secondary N) is 1. The van der Waals surface area contributed by atoms with E-state index in [1.54, 1.807) is 0 Å². The molecule has 0 radical (unpaired) electrons. The fourth-order valence-electron chi connectivity index (χ4n) is 0.635. The number of halogens is 1. The van der Waals surface area contributed by atoms with Crippen LogP contribution >= 0.6 is 18.5 Å². The van der Waals surface area contributed by atoms with Crippen LogP contribution in [0.2, 0.25) is 0 Å². The number of hydrogen-bond acceptors (Lipinski definition) is 1. The molecule has 0 bridgehead atoms. The molecule has 0 saturated heterocycles. The Bertz CT molecular complexity index is 226. The van der Waals surface area contributed by atoms with Crippen LogP contribution in [-0.2, 0) is 4.57 Å². The molecule has 0 aliphatic carbocycles. The van der Waals surface area contributed by atoms with Crippen molar-refractivity contribution in [1.82, 2.24) is 0 Å². The largest absolute Gasteiger partial charge is 0.327 e. The lowest BCUT2D eigenvalue weighted by molar-refractivity contribution is 0.598. The standard InChI is InChI=1S/C6H7ClNOP/c7-10(9)8-6-4-2-1-3-5-6/h1-5,10H,(H,8,9). The van der Waals surface area contributed by atoms with Crippen molar-refractivity contribution in [3.8, 4) is 0 Å². The van der Waals surface area contributed by atoms with E-state index in [1.165, 1.54) is 0 Å². The van der Waals surface area contributed by atoms with Crippen LogP contribution in [0.4, 0.5) is 5.69 Å². The minimum atomic E-state index is -2.11. The summed E-state index contributed by atoms with van der Waals surface area (Å²) in [4.78, 5) is 0. The number of para-hydroxylation sites is 1. The zero-order valence-electron chi connectivity index (χ0n) is 5.17. The van der Waals surface area contributed by atoms with Crippen molar-refractivity contribution in [3.63, 3.8) is 0 Å². The summed E-state index contributed by atoms with van der Waals surface area (Å²) >= 11 is 5.25. The normalized spacial score (nSPS) is 12.5. The molecule has 1 unspecified atom stereocenters. The van der Waals surface area contributed by atoms with Gasteiger partial charge in [-0.25, -0.2) is 0 Å². The van der Waals surface area contributed by atoms with Gasteiger partial charge >= 0.3 is 0 Å². The molecule has 0 aliphatic heterocycles. The Balaban J connectivity index is 2.67. The summed E-state index contributed by atoms with van der Waals surface area (Å²) in [6.07, 6.45) is 0. The second-order valence-corrected chi connectivity index (χ2v) is 3.59. The molecular weight excluding hydrogens is 168 g/mol. The van der Waals surface area contributed by atoms with Crippen LogP contribution in [0.3, 0.4) is 0 Å². The molecule has 0 saturated carbocycles. The number of rotatable bonds is 2. The molecule has 1 N–H and O–H groups in total. The second kappa shape index (κ2) is 3.65. The van der Waals surface area contributed by atoms with Crippen molar-refractivity contribution in [3.05, 3.63) is 30.3 Å². The van der Waals surface area contributed by atoms with Crippen LogP contribution in [0.25, 0.3) is 0 Å². The first-order valence-corrected chi connectivity index (χ1v) is 5.22. The Morgan fingerprint density at radius 1 is 1.30 bits per heavy atom. The van der Waals surface area contributed by atoms with Crippen molar-refractivity contribution in [2.24, 2.45) is 0 Å². The summed E-state index contributed by atoms with van der Waals surface area (Å²) in [5.41, 5.74) is 0.793. The molecule has 1 aromatic rings. The average Bonchev–Trinajstić information content (AvgIpc) is 1.88. The Kier molecular flexibility index (Phi) is 2.79. The highest BCUT2D eigenvalue weighted by Crippen LogP contribution is 2.27. The fourth-order valence-corrected chi connectivity index (χ4v) is 1.36. The first kappa shape index (κ1) is 7.64. The van der Waals surface area contributed by atoms with Gasteiger partial charge in [0.05, 0.1) is 0 Å². The zero-order chi connectivity index (χ0) is 7.40. The van der Waals surface area contributed by atoms with E-state index in [0.717, 1.165) is 5.69 Å². The molecular formula is C6H7ClNOP. The van der Waals surface area contributed by atoms with Crippen molar-refractivity contribution in [2.75, 3.05) is 5.09 Å². The third-order valence-corrected chi connectivity index (χ3v) is 1.79. The number of anilines is 1. The predicted octanol–water partition coefficient (Wildman–Crippen LogP) is 2.73. The molecule has 4 heteroatoms. The molecule has 0 amide bonds. The number of benzene rings is 1. The van der Waals surface area contributed by atoms with E-state index >= 15 is 0 Å². The molecule has 0 spiro atoms. The van der Waals surface area contributed by atoms with Crippen molar-refractivity contribution < 1.29 is 4.57 Å². The van der Waals surface area contributed by atoms with Gasteiger partial charge in [-0.05, 0) is 23.4 Å². The summed E-state index contributed by atoms with van der Waals surface area (Å²) in [7, 11) is -2.11. The predicted molar refractivity (Wildman–Crippen MR) is 44.9 cm³/mol. The minimum Gasteiger partial charge on any atom is -0.327 e. The van der Waals surface area contributed by atoms with Crippen LogP contribution in [0.1, 0.15) is 0 Å². The van der Waals surface area contributed by atoms with Crippen LogP contribution in [0, 0.1) is 0 Å². The maximum absolute atomic E-state index is 10.5. The van der Waals surface area contributed by atoms with Gasteiger partial charge in [0, 0.05) is 5.69 Å². The lowest BCUT2D eigenvalue weighted by atomic mass is 10.3. The van der Waals surface area contributed by atoms with Gasteiger partial charge in [0.15, 0.2) is 0 Å². The SMILES string of the molecule is O=[PH](Cl)Nc1ccccc1. The van der Waals surface area contributed by atoms with E-state index in [1.807, 2.05) is 30.3 Å². The molecule has 0 aromatic heterocycles. The Labute approximate surface area is 64.8 Å². The van der Waals surface area contributed by atoms with Crippen molar-refractivity contribution in [1.29, 1.82) is 0 Å². The van der Waals surface area contributed by atoms with E-state index < -0.39 is 7.30 Å². The van der Waals surface area contributed by atoms with Gasteiger partial charge in [0.1, 0.15) is 0 Å². The van der Waals surface area contributed by atoms with Crippen molar-refractivity contribution in [2.45, 2.75) is 0 Å². The fraction of sp³-hybridized carbons (Fsp3) is 0.